The largest absolute Gasteiger partial charge is 0.633 e. The molecule has 0 amide bonds. The number of allylic oxidation sites excluding steroid dienone is 2. The van der Waals surface area contributed by atoms with E-state index in [1.54, 1.807) is 0 Å². The van der Waals surface area contributed by atoms with Crippen LogP contribution in [0.5, 0.6) is 0 Å². The average molecular weight is 424 g/mol. The third-order valence-electron chi connectivity index (χ3n) is 6.42. The first-order valence-electron chi connectivity index (χ1n) is 13.9. The van der Waals surface area contributed by atoms with Crippen LogP contribution in [0, 0.1) is 5.21 Å². The van der Waals surface area contributed by atoms with E-state index in [4.69, 9.17) is 0 Å². The second kappa shape index (κ2) is 23.3. The Bertz CT molecular complexity index is 343. The van der Waals surface area contributed by atoms with Crippen LogP contribution in [0.25, 0.3) is 0 Å². The van der Waals surface area contributed by atoms with Crippen LogP contribution in [-0.2, 0) is 0 Å². The normalized spacial score (nSPS) is 12.3. The van der Waals surface area contributed by atoms with E-state index in [1.165, 1.54) is 109 Å². The van der Waals surface area contributed by atoms with Crippen molar-refractivity contribution < 1.29 is 4.65 Å². The average Bonchev–Trinajstić information content (AvgIpc) is 2.74. The van der Waals surface area contributed by atoms with Gasteiger partial charge >= 0.3 is 0 Å². The summed E-state index contributed by atoms with van der Waals surface area (Å²) in [5.41, 5.74) is 0. The van der Waals surface area contributed by atoms with Crippen LogP contribution in [0.3, 0.4) is 0 Å². The van der Waals surface area contributed by atoms with Gasteiger partial charge in [0.05, 0.1) is 19.6 Å². The van der Waals surface area contributed by atoms with Gasteiger partial charge in [0.1, 0.15) is 0 Å². The second-order valence-corrected chi connectivity index (χ2v) is 9.58. The molecule has 0 N–H and O–H groups in total. The Hall–Kier alpha value is -0.340. The van der Waals surface area contributed by atoms with Crippen molar-refractivity contribution >= 4 is 0 Å². The van der Waals surface area contributed by atoms with E-state index in [1.807, 2.05) is 0 Å². The van der Waals surface area contributed by atoms with Crippen molar-refractivity contribution in [2.45, 2.75) is 149 Å². The second-order valence-electron chi connectivity index (χ2n) is 9.58. The highest BCUT2D eigenvalue weighted by Crippen LogP contribution is 2.16. The molecule has 0 radical (unpaired) electrons. The van der Waals surface area contributed by atoms with Crippen molar-refractivity contribution in [2.24, 2.45) is 0 Å². The van der Waals surface area contributed by atoms with Crippen LogP contribution in [0.4, 0.5) is 0 Å². The number of hydrogen-bond acceptors (Lipinski definition) is 1. The molecule has 0 fully saturated rings. The minimum atomic E-state index is 0.0867. The van der Waals surface area contributed by atoms with Gasteiger partial charge in [-0.15, -0.1) is 0 Å². The van der Waals surface area contributed by atoms with Crippen LogP contribution in [0.2, 0.25) is 0 Å². The highest BCUT2D eigenvalue weighted by Gasteiger charge is 2.15. The van der Waals surface area contributed by atoms with Crippen molar-refractivity contribution in [3.05, 3.63) is 17.4 Å². The number of hydroxylamine groups is 3. The van der Waals surface area contributed by atoms with Crippen LogP contribution in [-0.4, -0.2) is 24.3 Å². The summed E-state index contributed by atoms with van der Waals surface area (Å²) >= 11 is 0. The Kier molecular flexibility index (Phi) is 23.1. The molecule has 2 heteroatoms. The zero-order chi connectivity index (χ0) is 22.2. The van der Waals surface area contributed by atoms with E-state index < -0.39 is 0 Å². The number of rotatable bonds is 24. The molecule has 0 saturated carbocycles. The number of nitrogens with zero attached hydrogens (tertiary/aromatic N) is 1. The van der Waals surface area contributed by atoms with Gasteiger partial charge in [-0.25, -0.2) is 0 Å². The van der Waals surface area contributed by atoms with E-state index in [0.717, 1.165) is 38.9 Å². The van der Waals surface area contributed by atoms with E-state index >= 15 is 0 Å². The summed E-state index contributed by atoms with van der Waals surface area (Å²) in [4.78, 5) is 0. The smallest absolute Gasteiger partial charge is 0.0783 e. The van der Waals surface area contributed by atoms with Gasteiger partial charge in [0.2, 0.25) is 0 Å². The summed E-state index contributed by atoms with van der Waals surface area (Å²) in [5, 5.41) is 13.1. The standard InChI is InChI=1S/C28H57NO/c1-4-7-10-11-12-13-14-15-16-17-18-19-20-21-22-25-28-29(30,26-23-8-5-2)27-24-9-6-3/h15-16H,4-14,17-28H2,1-3H3. The van der Waals surface area contributed by atoms with Crippen LogP contribution in [0.15, 0.2) is 12.2 Å². The third-order valence-corrected chi connectivity index (χ3v) is 6.42. The highest BCUT2D eigenvalue weighted by molar-refractivity contribution is 4.81. The molecule has 0 bridgehead atoms. The Morgan fingerprint density at radius 1 is 0.433 bits per heavy atom. The molecule has 0 rings (SSSR count). The first-order chi connectivity index (χ1) is 14.7. The molecule has 30 heavy (non-hydrogen) atoms. The lowest BCUT2D eigenvalue weighted by Crippen LogP contribution is -2.44. The zero-order valence-corrected chi connectivity index (χ0v) is 21.3. The molecule has 0 aromatic rings. The maximum absolute atomic E-state index is 13.1. The summed E-state index contributed by atoms with van der Waals surface area (Å²) < 4.78 is 0.0867. The molecule has 2 nitrogen and oxygen atoms in total. The number of unbranched alkanes of at least 4 members (excludes halogenated alkanes) is 16. The summed E-state index contributed by atoms with van der Waals surface area (Å²) in [6.45, 7) is 9.29. The van der Waals surface area contributed by atoms with Gasteiger partial charge in [-0.1, -0.05) is 97.1 Å². The molecule has 0 saturated heterocycles. The molecule has 0 aromatic carbocycles. The van der Waals surface area contributed by atoms with Gasteiger partial charge in [-0.05, 0) is 64.2 Å². The quantitative estimate of drug-likeness (QED) is 0.0655. The molecular formula is C28H57NO. The first kappa shape index (κ1) is 29.7. The predicted molar refractivity (Wildman–Crippen MR) is 137 cm³/mol. The molecule has 0 atom stereocenters. The molecule has 0 aromatic heterocycles. The molecule has 0 aliphatic rings. The zero-order valence-electron chi connectivity index (χ0n) is 21.3. The van der Waals surface area contributed by atoms with Crippen LogP contribution < -0.4 is 0 Å². The molecule has 0 aliphatic carbocycles. The van der Waals surface area contributed by atoms with Crippen molar-refractivity contribution in [2.75, 3.05) is 19.6 Å². The van der Waals surface area contributed by atoms with Crippen molar-refractivity contribution in [3.63, 3.8) is 0 Å². The van der Waals surface area contributed by atoms with E-state index in [0.29, 0.717) is 0 Å². The van der Waals surface area contributed by atoms with Gasteiger partial charge in [-0.3, -0.25) is 0 Å². The first-order valence-corrected chi connectivity index (χ1v) is 13.9. The molecule has 0 aliphatic heterocycles. The fraction of sp³-hybridized carbons (Fsp3) is 0.929. The Morgan fingerprint density at radius 2 is 0.733 bits per heavy atom. The van der Waals surface area contributed by atoms with Crippen molar-refractivity contribution in [1.29, 1.82) is 0 Å². The van der Waals surface area contributed by atoms with Gasteiger partial charge in [0, 0.05) is 0 Å². The number of quaternary nitrogens is 1. The van der Waals surface area contributed by atoms with Gasteiger partial charge in [0.15, 0.2) is 0 Å². The fourth-order valence-electron chi connectivity index (χ4n) is 4.28. The molecule has 0 unspecified atom stereocenters. The molecule has 180 valence electrons. The minimum absolute atomic E-state index is 0.0867. The van der Waals surface area contributed by atoms with Gasteiger partial charge in [-0.2, -0.15) is 0 Å². The fourth-order valence-corrected chi connectivity index (χ4v) is 4.28. The highest BCUT2D eigenvalue weighted by atomic mass is 16.5. The Balaban J connectivity index is 3.60. The summed E-state index contributed by atoms with van der Waals surface area (Å²) in [6.07, 6.45) is 30.5. The summed E-state index contributed by atoms with van der Waals surface area (Å²) in [7, 11) is 0. The Labute approximate surface area is 191 Å². The van der Waals surface area contributed by atoms with Crippen molar-refractivity contribution in [3.8, 4) is 0 Å². The Morgan fingerprint density at radius 3 is 1.17 bits per heavy atom. The van der Waals surface area contributed by atoms with Crippen LogP contribution >= 0.6 is 0 Å². The predicted octanol–water partition coefficient (Wildman–Crippen LogP) is 9.72. The summed E-state index contributed by atoms with van der Waals surface area (Å²) in [6, 6.07) is 0. The minimum Gasteiger partial charge on any atom is -0.633 e. The lowest BCUT2D eigenvalue weighted by atomic mass is 10.1. The lowest BCUT2D eigenvalue weighted by molar-refractivity contribution is -0.881. The molecular weight excluding hydrogens is 366 g/mol. The maximum Gasteiger partial charge on any atom is 0.0783 e. The van der Waals surface area contributed by atoms with E-state index in [2.05, 4.69) is 32.9 Å². The van der Waals surface area contributed by atoms with E-state index in [-0.39, 0.29) is 4.65 Å². The number of hydrogen-bond donors (Lipinski definition) is 0. The van der Waals surface area contributed by atoms with Crippen LogP contribution in [0.1, 0.15) is 149 Å². The lowest BCUT2D eigenvalue weighted by Gasteiger charge is -2.43. The van der Waals surface area contributed by atoms with Gasteiger partial charge < -0.3 is 9.85 Å². The molecule has 0 spiro atoms. The van der Waals surface area contributed by atoms with E-state index in [9.17, 15) is 5.21 Å². The summed E-state index contributed by atoms with van der Waals surface area (Å²) in [5.74, 6) is 0. The third kappa shape index (κ3) is 20.9. The van der Waals surface area contributed by atoms with Gasteiger partial charge in [0.25, 0.3) is 0 Å². The SMILES string of the molecule is CCCCCCCCC=CCCCCCCCC[N+]([O-])(CCCCC)CCCCC. The maximum atomic E-state index is 13.1. The van der Waals surface area contributed by atoms with Crippen molar-refractivity contribution in [1.82, 2.24) is 0 Å². The topological polar surface area (TPSA) is 23.1 Å². The monoisotopic (exact) mass is 423 g/mol. The molecule has 0 heterocycles.